The van der Waals surface area contributed by atoms with Crippen molar-refractivity contribution in [3.63, 3.8) is 0 Å². The van der Waals surface area contributed by atoms with Crippen LogP contribution in [-0.4, -0.2) is 30.8 Å². The number of hydrogen-bond acceptors (Lipinski definition) is 7. The highest BCUT2D eigenvalue weighted by Gasteiger charge is 2.18. The normalized spacial score (nSPS) is 11.0. The first kappa shape index (κ1) is 21.5. The van der Waals surface area contributed by atoms with Crippen molar-refractivity contribution in [2.45, 2.75) is 4.90 Å². The van der Waals surface area contributed by atoms with Gasteiger partial charge in [0, 0.05) is 28.3 Å². The Balaban J connectivity index is 1.49. The smallest absolute Gasteiger partial charge is 0.261 e. The van der Waals surface area contributed by atoms with Gasteiger partial charge in [-0.1, -0.05) is 36.4 Å². The van der Waals surface area contributed by atoms with E-state index >= 15 is 0 Å². The van der Waals surface area contributed by atoms with Crippen LogP contribution in [0.25, 0.3) is 11.4 Å². The number of ether oxygens (including phenoxy) is 1. The maximum atomic E-state index is 12.8. The van der Waals surface area contributed by atoms with Crippen LogP contribution in [0.5, 0.6) is 5.75 Å². The van der Waals surface area contributed by atoms with Crippen molar-refractivity contribution in [3.05, 3.63) is 84.4 Å². The molecule has 0 fully saturated rings. The molecule has 0 aliphatic rings. The molecule has 0 aliphatic carbocycles. The van der Waals surface area contributed by atoms with E-state index in [1.54, 1.807) is 24.3 Å². The summed E-state index contributed by atoms with van der Waals surface area (Å²) in [7, 11) is -2.36. The number of aromatic nitrogens is 2. The fourth-order valence-electron chi connectivity index (χ4n) is 2.83. The predicted molar refractivity (Wildman–Crippen MR) is 124 cm³/mol. The molecular weight excluding hydrogens is 448 g/mol. The van der Waals surface area contributed by atoms with E-state index < -0.39 is 15.9 Å². The lowest BCUT2D eigenvalue weighted by atomic mass is 10.2. The van der Waals surface area contributed by atoms with Gasteiger partial charge in [0.1, 0.15) is 5.75 Å². The number of hydrogen-bond donors (Lipinski definition) is 2. The minimum absolute atomic E-state index is 0.0387. The van der Waals surface area contributed by atoms with E-state index in [9.17, 15) is 13.2 Å². The summed E-state index contributed by atoms with van der Waals surface area (Å²) in [6, 6.07) is 21.6. The molecule has 0 radical (unpaired) electrons. The van der Waals surface area contributed by atoms with Crippen LogP contribution >= 0.6 is 11.5 Å². The highest BCUT2D eigenvalue weighted by molar-refractivity contribution is 7.92. The summed E-state index contributed by atoms with van der Waals surface area (Å²) in [6.07, 6.45) is 0. The van der Waals surface area contributed by atoms with Gasteiger partial charge in [-0.3, -0.25) is 14.8 Å². The number of methoxy groups -OCH3 is 1. The third kappa shape index (κ3) is 4.93. The van der Waals surface area contributed by atoms with Gasteiger partial charge in [-0.15, -0.1) is 0 Å². The first-order chi connectivity index (χ1) is 15.4. The second-order valence-electron chi connectivity index (χ2n) is 6.61. The van der Waals surface area contributed by atoms with E-state index in [0.29, 0.717) is 22.4 Å². The van der Waals surface area contributed by atoms with Crippen molar-refractivity contribution in [2.24, 2.45) is 0 Å². The largest absolute Gasteiger partial charge is 0.497 e. The molecule has 10 heteroatoms. The van der Waals surface area contributed by atoms with E-state index in [-0.39, 0.29) is 10.5 Å². The van der Waals surface area contributed by atoms with Gasteiger partial charge in [-0.25, -0.2) is 8.42 Å². The van der Waals surface area contributed by atoms with Crippen molar-refractivity contribution < 1.29 is 17.9 Å². The lowest BCUT2D eigenvalue weighted by molar-refractivity contribution is 0.102. The molecule has 0 bridgehead atoms. The molecule has 1 heterocycles. The average Bonchev–Trinajstić information content (AvgIpc) is 3.28. The van der Waals surface area contributed by atoms with E-state index in [1.807, 2.05) is 30.3 Å². The molecule has 162 valence electrons. The van der Waals surface area contributed by atoms with Gasteiger partial charge in [-0.05, 0) is 42.5 Å². The molecule has 0 saturated carbocycles. The van der Waals surface area contributed by atoms with Crippen LogP contribution in [0.4, 0.5) is 10.8 Å². The van der Waals surface area contributed by atoms with Crippen LogP contribution < -0.4 is 14.8 Å². The molecule has 2 N–H and O–H groups in total. The Morgan fingerprint density at radius 2 is 1.72 bits per heavy atom. The Kier molecular flexibility index (Phi) is 6.15. The maximum Gasteiger partial charge on any atom is 0.261 e. The average molecular weight is 467 g/mol. The SMILES string of the molecule is COc1ccc(NS(=O)(=O)c2cccc(C(=O)Nc3nc(-c4ccccc4)ns3)c2)cc1. The first-order valence-electron chi connectivity index (χ1n) is 9.42. The van der Waals surface area contributed by atoms with Gasteiger partial charge in [0.25, 0.3) is 15.9 Å². The molecule has 0 aliphatic heterocycles. The number of sulfonamides is 1. The molecule has 8 nitrogen and oxygen atoms in total. The highest BCUT2D eigenvalue weighted by atomic mass is 32.2. The van der Waals surface area contributed by atoms with Crippen molar-refractivity contribution in [1.29, 1.82) is 0 Å². The summed E-state index contributed by atoms with van der Waals surface area (Å²) in [4.78, 5) is 16.9. The number of anilines is 2. The number of benzene rings is 3. The summed E-state index contributed by atoms with van der Waals surface area (Å²) in [5.74, 6) is 0.631. The standard InChI is InChI=1S/C22H18N4O4S2/c1-30-18-12-10-17(11-13-18)26-32(28,29)19-9-5-8-16(14-19)21(27)24-22-23-20(25-31-22)15-6-3-2-4-7-15/h2-14,26H,1H3,(H,23,24,25,27). The number of carbonyl (C=O) groups excluding carboxylic acids is 1. The topological polar surface area (TPSA) is 110 Å². The summed E-state index contributed by atoms with van der Waals surface area (Å²) < 4.78 is 37.3. The van der Waals surface area contributed by atoms with Crippen LogP contribution in [0.2, 0.25) is 0 Å². The highest BCUT2D eigenvalue weighted by Crippen LogP contribution is 2.23. The zero-order valence-electron chi connectivity index (χ0n) is 16.8. The third-order valence-corrected chi connectivity index (χ3v) is 6.44. The number of nitrogens with one attached hydrogen (secondary N) is 2. The summed E-state index contributed by atoms with van der Waals surface area (Å²) in [5, 5.41) is 2.98. The van der Waals surface area contributed by atoms with Gasteiger partial charge in [0.2, 0.25) is 5.13 Å². The molecule has 1 aromatic heterocycles. The fourth-order valence-corrected chi connectivity index (χ4v) is 4.51. The molecule has 4 rings (SSSR count). The maximum absolute atomic E-state index is 12.8. The second kappa shape index (κ2) is 9.16. The Morgan fingerprint density at radius 1 is 0.969 bits per heavy atom. The monoisotopic (exact) mass is 466 g/mol. The van der Waals surface area contributed by atoms with Gasteiger partial charge in [-0.2, -0.15) is 9.36 Å². The molecular formula is C22H18N4O4S2. The molecule has 1 amide bonds. The van der Waals surface area contributed by atoms with Crippen molar-refractivity contribution in [3.8, 4) is 17.1 Å². The lowest BCUT2D eigenvalue weighted by Crippen LogP contribution is -2.16. The van der Waals surface area contributed by atoms with E-state index in [0.717, 1.165) is 17.1 Å². The Morgan fingerprint density at radius 3 is 2.44 bits per heavy atom. The zero-order valence-corrected chi connectivity index (χ0v) is 18.5. The molecule has 0 atom stereocenters. The third-order valence-electron chi connectivity index (χ3n) is 4.43. The molecule has 3 aromatic carbocycles. The summed E-state index contributed by atoms with van der Waals surface area (Å²) in [5.41, 5.74) is 1.39. The van der Waals surface area contributed by atoms with Crippen LogP contribution in [0.15, 0.2) is 83.8 Å². The predicted octanol–water partition coefficient (Wildman–Crippen LogP) is 4.27. The van der Waals surface area contributed by atoms with Crippen molar-refractivity contribution in [2.75, 3.05) is 17.1 Å². The first-order valence-corrected chi connectivity index (χ1v) is 11.7. The Hall–Kier alpha value is -3.76. The molecule has 0 unspecified atom stereocenters. The molecule has 32 heavy (non-hydrogen) atoms. The zero-order chi connectivity index (χ0) is 22.6. The van der Waals surface area contributed by atoms with Crippen molar-refractivity contribution >= 4 is 38.3 Å². The van der Waals surface area contributed by atoms with Crippen LogP contribution in [-0.2, 0) is 10.0 Å². The molecule has 0 saturated heterocycles. The van der Waals surface area contributed by atoms with Crippen LogP contribution in [0.3, 0.4) is 0 Å². The van der Waals surface area contributed by atoms with E-state index in [1.165, 1.54) is 31.4 Å². The van der Waals surface area contributed by atoms with Crippen LogP contribution in [0.1, 0.15) is 10.4 Å². The van der Waals surface area contributed by atoms with Gasteiger partial charge in [0.15, 0.2) is 5.82 Å². The number of amides is 1. The second-order valence-corrected chi connectivity index (χ2v) is 9.04. The fraction of sp³-hybridized carbons (Fsp3) is 0.0455. The number of nitrogens with zero attached hydrogens (tertiary/aromatic N) is 2. The van der Waals surface area contributed by atoms with E-state index in [2.05, 4.69) is 19.4 Å². The minimum atomic E-state index is -3.89. The lowest BCUT2D eigenvalue weighted by Gasteiger charge is -2.10. The number of carbonyl (C=O) groups is 1. The minimum Gasteiger partial charge on any atom is -0.497 e. The van der Waals surface area contributed by atoms with Gasteiger partial charge < -0.3 is 4.74 Å². The van der Waals surface area contributed by atoms with Gasteiger partial charge in [0.05, 0.1) is 12.0 Å². The Bertz CT molecular complexity index is 1340. The van der Waals surface area contributed by atoms with Gasteiger partial charge >= 0.3 is 0 Å². The van der Waals surface area contributed by atoms with Crippen molar-refractivity contribution in [1.82, 2.24) is 9.36 Å². The van der Waals surface area contributed by atoms with Crippen LogP contribution in [0, 0.1) is 0 Å². The van der Waals surface area contributed by atoms with E-state index in [4.69, 9.17) is 4.74 Å². The summed E-state index contributed by atoms with van der Waals surface area (Å²) >= 11 is 1.05. The molecule has 4 aromatic rings. The molecule has 0 spiro atoms. The summed E-state index contributed by atoms with van der Waals surface area (Å²) in [6.45, 7) is 0. The number of rotatable bonds is 7. The quantitative estimate of drug-likeness (QED) is 0.421. The Labute approximate surface area is 189 Å².